The Morgan fingerprint density at radius 1 is 1.11 bits per heavy atom. The summed E-state index contributed by atoms with van der Waals surface area (Å²) in [5, 5.41) is 5.73. The van der Waals surface area contributed by atoms with Crippen LogP contribution in [0.1, 0.15) is 11.3 Å². The Bertz CT molecular complexity index is 778. The monoisotopic (exact) mass is 291 g/mol. The van der Waals surface area contributed by atoms with Crippen molar-refractivity contribution in [1.29, 1.82) is 0 Å². The summed E-state index contributed by atoms with van der Waals surface area (Å²) in [5.41, 5.74) is 4.21. The number of aromatic nitrogens is 3. The largest absolute Gasteiger partial charge is 0.233 e. The topological polar surface area (TPSA) is 30.2 Å². The molecule has 0 aliphatic heterocycles. The predicted octanol–water partition coefficient (Wildman–Crippen LogP) is 4.32. The van der Waals surface area contributed by atoms with Crippen LogP contribution in [-0.4, -0.2) is 14.6 Å². The van der Waals surface area contributed by atoms with Crippen molar-refractivity contribution in [3.05, 3.63) is 51.8 Å². The summed E-state index contributed by atoms with van der Waals surface area (Å²) in [6.45, 7) is 3.87. The van der Waals surface area contributed by atoms with Gasteiger partial charge in [-0.3, -0.25) is 0 Å². The maximum absolute atomic E-state index is 6.30. The van der Waals surface area contributed by atoms with Gasteiger partial charge in [0.15, 0.2) is 5.65 Å². The number of halogens is 2. The number of nitrogens with zero attached hydrogens (tertiary/aromatic N) is 3. The van der Waals surface area contributed by atoms with Gasteiger partial charge >= 0.3 is 0 Å². The first-order valence-corrected chi connectivity index (χ1v) is 6.61. The number of benzene rings is 1. The Balaban J connectivity index is 2.29. The van der Waals surface area contributed by atoms with Crippen LogP contribution in [-0.2, 0) is 0 Å². The summed E-state index contributed by atoms with van der Waals surface area (Å²) >= 11 is 12.5. The SMILES string of the molecule is Cc1nc2cc(-c3ccccc3Cl)nn2c(Cl)c1C. The minimum absolute atomic E-state index is 0.584. The first-order valence-electron chi connectivity index (χ1n) is 5.85. The standard InChI is InChI=1S/C14H11Cl2N3/c1-8-9(2)17-13-7-12(18-19(13)14(8)16)10-5-3-4-6-11(10)15/h3-7H,1-2H3. The van der Waals surface area contributed by atoms with E-state index in [1.54, 1.807) is 4.52 Å². The number of rotatable bonds is 1. The smallest absolute Gasteiger partial charge is 0.157 e. The Morgan fingerprint density at radius 3 is 2.58 bits per heavy atom. The Morgan fingerprint density at radius 2 is 1.84 bits per heavy atom. The van der Waals surface area contributed by atoms with Crippen LogP contribution in [0, 0.1) is 13.8 Å². The number of hydrogen-bond donors (Lipinski definition) is 0. The summed E-state index contributed by atoms with van der Waals surface area (Å²) in [5.74, 6) is 0. The summed E-state index contributed by atoms with van der Waals surface area (Å²) in [4.78, 5) is 4.48. The summed E-state index contributed by atoms with van der Waals surface area (Å²) in [6, 6.07) is 9.47. The number of fused-ring (bicyclic) bond motifs is 1. The maximum atomic E-state index is 6.30. The Hall–Kier alpha value is -1.58. The van der Waals surface area contributed by atoms with Crippen molar-refractivity contribution in [3.63, 3.8) is 0 Å². The third-order valence-corrected chi connectivity index (χ3v) is 3.93. The molecule has 0 spiro atoms. The molecule has 2 heterocycles. The van der Waals surface area contributed by atoms with Crippen molar-refractivity contribution in [2.24, 2.45) is 0 Å². The third-order valence-electron chi connectivity index (χ3n) is 3.16. The van der Waals surface area contributed by atoms with E-state index in [1.807, 2.05) is 44.2 Å². The molecule has 19 heavy (non-hydrogen) atoms. The van der Waals surface area contributed by atoms with Crippen LogP contribution >= 0.6 is 23.2 Å². The van der Waals surface area contributed by atoms with Crippen molar-refractivity contribution in [2.45, 2.75) is 13.8 Å². The van der Waals surface area contributed by atoms with Gasteiger partial charge < -0.3 is 0 Å². The van der Waals surface area contributed by atoms with Gasteiger partial charge in [0.05, 0.1) is 10.7 Å². The molecule has 3 aromatic rings. The molecule has 0 N–H and O–H groups in total. The molecule has 0 unspecified atom stereocenters. The molecule has 0 fully saturated rings. The quantitative estimate of drug-likeness (QED) is 0.625. The fourth-order valence-electron chi connectivity index (χ4n) is 1.96. The van der Waals surface area contributed by atoms with Crippen LogP contribution in [0.15, 0.2) is 30.3 Å². The molecule has 0 amide bonds. The van der Waals surface area contributed by atoms with Crippen molar-refractivity contribution >= 4 is 28.8 Å². The second kappa shape index (κ2) is 4.51. The summed E-state index contributed by atoms with van der Waals surface area (Å²) in [6.07, 6.45) is 0. The van der Waals surface area contributed by atoms with Gasteiger partial charge in [-0.25, -0.2) is 9.50 Å². The first kappa shape index (κ1) is 12.5. The first-order chi connectivity index (χ1) is 9.08. The minimum atomic E-state index is 0.584. The molecular weight excluding hydrogens is 281 g/mol. The molecule has 3 rings (SSSR count). The minimum Gasteiger partial charge on any atom is -0.233 e. The van der Waals surface area contributed by atoms with Crippen molar-refractivity contribution in [2.75, 3.05) is 0 Å². The van der Waals surface area contributed by atoms with Crippen LogP contribution in [0.3, 0.4) is 0 Å². The van der Waals surface area contributed by atoms with E-state index in [2.05, 4.69) is 10.1 Å². The van der Waals surface area contributed by atoms with Crippen LogP contribution in [0.5, 0.6) is 0 Å². The fraction of sp³-hybridized carbons (Fsp3) is 0.143. The highest BCUT2D eigenvalue weighted by Crippen LogP contribution is 2.28. The van der Waals surface area contributed by atoms with Crippen molar-refractivity contribution < 1.29 is 0 Å². The van der Waals surface area contributed by atoms with Crippen molar-refractivity contribution in [1.82, 2.24) is 14.6 Å². The summed E-state index contributed by atoms with van der Waals surface area (Å²) < 4.78 is 1.64. The molecule has 1 aromatic carbocycles. The number of hydrogen-bond acceptors (Lipinski definition) is 2. The van der Waals surface area contributed by atoms with Crippen LogP contribution in [0.4, 0.5) is 0 Å². The van der Waals surface area contributed by atoms with E-state index >= 15 is 0 Å². The molecule has 0 radical (unpaired) electrons. The highest BCUT2D eigenvalue weighted by molar-refractivity contribution is 6.33. The Labute approximate surface area is 120 Å². The molecule has 0 atom stereocenters. The lowest BCUT2D eigenvalue weighted by Gasteiger charge is -2.03. The van der Waals surface area contributed by atoms with E-state index in [9.17, 15) is 0 Å². The Kier molecular flexibility index (Phi) is 2.96. The highest BCUT2D eigenvalue weighted by Gasteiger charge is 2.13. The van der Waals surface area contributed by atoms with E-state index in [0.717, 1.165) is 28.2 Å². The van der Waals surface area contributed by atoms with E-state index < -0.39 is 0 Å². The molecule has 5 heteroatoms. The second-order valence-electron chi connectivity index (χ2n) is 4.39. The highest BCUT2D eigenvalue weighted by atomic mass is 35.5. The van der Waals surface area contributed by atoms with Crippen LogP contribution in [0.2, 0.25) is 10.2 Å². The van der Waals surface area contributed by atoms with E-state index in [0.29, 0.717) is 10.2 Å². The zero-order valence-corrected chi connectivity index (χ0v) is 12.0. The van der Waals surface area contributed by atoms with Crippen molar-refractivity contribution in [3.8, 4) is 11.3 Å². The molecule has 2 aromatic heterocycles. The van der Waals surface area contributed by atoms with Gasteiger partial charge in [-0.1, -0.05) is 41.4 Å². The average molecular weight is 292 g/mol. The summed E-state index contributed by atoms with van der Waals surface area (Å²) in [7, 11) is 0. The molecular formula is C14H11Cl2N3. The maximum Gasteiger partial charge on any atom is 0.157 e. The van der Waals surface area contributed by atoms with E-state index in [4.69, 9.17) is 23.2 Å². The van der Waals surface area contributed by atoms with Gasteiger partial charge in [0.2, 0.25) is 0 Å². The van der Waals surface area contributed by atoms with E-state index in [1.165, 1.54) is 0 Å². The predicted molar refractivity (Wildman–Crippen MR) is 77.9 cm³/mol. The molecule has 0 bridgehead atoms. The number of aryl methyl sites for hydroxylation is 1. The van der Waals surface area contributed by atoms with Gasteiger partial charge in [-0.2, -0.15) is 5.10 Å². The van der Waals surface area contributed by atoms with Gasteiger partial charge in [0.25, 0.3) is 0 Å². The van der Waals surface area contributed by atoms with Gasteiger partial charge in [-0.05, 0) is 19.9 Å². The van der Waals surface area contributed by atoms with Gasteiger partial charge in [-0.15, -0.1) is 0 Å². The fourth-order valence-corrected chi connectivity index (χ4v) is 2.45. The molecule has 3 nitrogen and oxygen atoms in total. The lowest BCUT2D eigenvalue weighted by Crippen LogP contribution is -1.98. The van der Waals surface area contributed by atoms with Gasteiger partial charge in [0.1, 0.15) is 5.15 Å². The molecule has 96 valence electrons. The molecule has 0 aliphatic rings. The average Bonchev–Trinajstić information content (AvgIpc) is 2.80. The molecule has 0 saturated heterocycles. The molecule has 0 saturated carbocycles. The zero-order valence-electron chi connectivity index (χ0n) is 10.5. The van der Waals surface area contributed by atoms with Gasteiger partial charge in [0, 0.05) is 22.9 Å². The lowest BCUT2D eigenvalue weighted by atomic mass is 10.1. The van der Waals surface area contributed by atoms with Crippen LogP contribution in [0.25, 0.3) is 16.9 Å². The second-order valence-corrected chi connectivity index (χ2v) is 5.16. The third kappa shape index (κ3) is 1.99. The van der Waals surface area contributed by atoms with Crippen LogP contribution < -0.4 is 0 Å². The normalized spacial score (nSPS) is 11.2. The lowest BCUT2D eigenvalue weighted by molar-refractivity contribution is 0.919. The van der Waals surface area contributed by atoms with E-state index in [-0.39, 0.29) is 0 Å². The molecule has 0 aliphatic carbocycles. The zero-order chi connectivity index (χ0) is 13.6.